The van der Waals surface area contributed by atoms with Gasteiger partial charge >= 0.3 is 0 Å². The molecule has 0 amide bonds. The lowest BCUT2D eigenvalue weighted by Crippen LogP contribution is -2.15. The van der Waals surface area contributed by atoms with Crippen LogP contribution in [0.3, 0.4) is 0 Å². The number of ether oxygens (including phenoxy) is 1. The van der Waals surface area contributed by atoms with Crippen molar-refractivity contribution in [1.82, 2.24) is 19.7 Å². The van der Waals surface area contributed by atoms with Crippen molar-refractivity contribution in [2.75, 3.05) is 11.9 Å². The van der Waals surface area contributed by atoms with Crippen molar-refractivity contribution in [3.8, 4) is 0 Å². The largest absolute Gasteiger partial charge is 0.376 e. The fourth-order valence-corrected chi connectivity index (χ4v) is 3.28. The van der Waals surface area contributed by atoms with Gasteiger partial charge in [-0.3, -0.25) is 4.68 Å². The predicted molar refractivity (Wildman–Crippen MR) is 81.9 cm³/mol. The Bertz CT molecular complexity index is 747. The van der Waals surface area contributed by atoms with E-state index < -0.39 is 0 Å². The molecule has 4 heterocycles. The monoisotopic (exact) mass is 301 g/mol. The first kappa shape index (κ1) is 12.7. The van der Waals surface area contributed by atoms with E-state index in [1.165, 1.54) is 0 Å². The quantitative estimate of drug-likeness (QED) is 0.802. The Kier molecular flexibility index (Phi) is 3.28. The summed E-state index contributed by atoms with van der Waals surface area (Å²) in [5, 5.41) is 10.7. The topological polar surface area (TPSA) is 64.9 Å². The van der Waals surface area contributed by atoms with Crippen molar-refractivity contribution in [1.29, 1.82) is 0 Å². The molecule has 1 aliphatic heterocycles. The molecule has 6 nitrogen and oxygen atoms in total. The Morgan fingerprint density at radius 1 is 1.43 bits per heavy atom. The summed E-state index contributed by atoms with van der Waals surface area (Å²) in [4.78, 5) is 9.54. The Morgan fingerprint density at radius 3 is 3.33 bits per heavy atom. The molecule has 1 N–H and O–H groups in total. The van der Waals surface area contributed by atoms with Gasteiger partial charge in [-0.25, -0.2) is 9.97 Å². The maximum Gasteiger partial charge on any atom is 0.142 e. The van der Waals surface area contributed by atoms with E-state index in [9.17, 15) is 0 Å². The number of aromatic nitrogens is 4. The SMILES string of the molecule is c1nc(Nc2cnn(C[C@H]3CCCO3)c2)c2ccsc2n1. The third kappa shape index (κ3) is 2.62. The van der Waals surface area contributed by atoms with E-state index in [-0.39, 0.29) is 0 Å². The number of fused-ring (bicyclic) bond motifs is 1. The first-order valence-electron chi connectivity index (χ1n) is 6.98. The van der Waals surface area contributed by atoms with Crippen LogP contribution in [0.15, 0.2) is 30.2 Å². The lowest BCUT2D eigenvalue weighted by atomic mass is 10.2. The molecule has 0 radical (unpaired) electrons. The molecule has 1 fully saturated rings. The number of anilines is 2. The molecule has 3 aromatic heterocycles. The van der Waals surface area contributed by atoms with Crippen LogP contribution in [0, 0.1) is 0 Å². The minimum absolute atomic E-state index is 0.292. The van der Waals surface area contributed by atoms with E-state index in [1.54, 1.807) is 17.7 Å². The molecule has 0 bridgehead atoms. The molecule has 108 valence electrons. The molecule has 0 aliphatic carbocycles. The van der Waals surface area contributed by atoms with Crippen LogP contribution in [-0.4, -0.2) is 32.5 Å². The van der Waals surface area contributed by atoms with E-state index in [0.717, 1.165) is 47.7 Å². The predicted octanol–water partition coefficient (Wildman–Crippen LogP) is 2.81. The Balaban J connectivity index is 1.52. The van der Waals surface area contributed by atoms with Crippen LogP contribution >= 0.6 is 11.3 Å². The van der Waals surface area contributed by atoms with E-state index >= 15 is 0 Å². The first-order valence-corrected chi connectivity index (χ1v) is 7.86. The van der Waals surface area contributed by atoms with Crippen molar-refractivity contribution in [2.24, 2.45) is 0 Å². The highest BCUT2D eigenvalue weighted by atomic mass is 32.1. The maximum atomic E-state index is 5.63. The fraction of sp³-hybridized carbons (Fsp3) is 0.357. The van der Waals surface area contributed by atoms with Crippen molar-refractivity contribution in [3.05, 3.63) is 30.2 Å². The van der Waals surface area contributed by atoms with Crippen molar-refractivity contribution < 1.29 is 4.74 Å². The zero-order valence-electron chi connectivity index (χ0n) is 11.4. The van der Waals surface area contributed by atoms with Gasteiger partial charge in [0, 0.05) is 12.8 Å². The van der Waals surface area contributed by atoms with Crippen LogP contribution in [0.2, 0.25) is 0 Å². The van der Waals surface area contributed by atoms with Crippen LogP contribution in [0.1, 0.15) is 12.8 Å². The van der Waals surface area contributed by atoms with E-state index in [1.807, 2.05) is 28.5 Å². The molecule has 21 heavy (non-hydrogen) atoms. The van der Waals surface area contributed by atoms with Gasteiger partial charge in [0.25, 0.3) is 0 Å². The molecule has 0 spiro atoms. The number of hydrogen-bond donors (Lipinski definition) is 1. The second-order valence-corrected chi connectivity index (χ2v) is 5.97. The van der Waals surface area contributed by atoms with Crippen LogP contribution in [0.25, 0.3) is 10.2 Å². The average molecular weight is 301 g/mol. The highest BCUT2D eigenvalue weighted by Crippen LogP contribution is 2.26. The summed E-state index contributed by atoms with van der Waals surface area (Å²) in [6.45, 7) is 1.67. The van der Waals surface area contributed by atoms with Gasteiger partial charge in [-0.05, 0) is 24.3 Å². The molecule has 1 atom stereocenters. The van der Waals surface area contributed by atoms with Gasteiger partial charge in [0.05, 0.1) is 29.9 Å². The van der Waals surface area contributed by atoms with Gasteiger partial charge in [0.2, 0.25) is 0 Å². The Labute approximate surface area is 125 Å². The third-order valence-electron chi connectivity index (χ3n) is 3.57. The van der Waals surface area contributed by atoms with E-state index in [2.05, 4.69) is 20.4 Å². The second kappa shape index (κ2) is 5.42. The van der Waals surface area contributed by atoms with Gasteiger partial charge in [0.1, 0.15) is 17.0 Å². The first-order chi connectivity index (χ1) is 10.4. The number of hydrogen-bond acceptors (Lipinski definition) is 6. The van der Waals surface area contributed by atoms with Crippen LogP contribution in [-0.2, 0) is 11.3 Å². The summed E-state index contributed by atoms with van der Waals surface area (Å²) in [5.41, 5.74) is 0.930. The molecule has 0 unspecified atom stereocenters. The summed E-state index contributed by atoms with van der Waals surface area (Å²) >= 11 is 1.61. The molecule has 4 rings (SSSR count). The molecule has 1 aliphatic rings. The van der Waals surface area contributed by atoms with Gasteiger partial charge in [-0.1, -0.05) is 0 Å². The zero-order chi connectivity index (χ0) is 14.1. The van der Waals surface area contributed by atoms with Crippen molar-refractivity contribution in [2.45, 2.75) is 25.5 Å². The molecule has 7 heteroatoms. The average Bonchev–Trinajstić information content (AvgIpc) is 3.21. The van der Waals surface area contributed by atoms with E-state index in [4.69, 9.17) is 4.74 Å². The van der Waals surface area contributed by atoms with Crippen LogP contribution in [0.5, 0.6) is 0 Å². The summed E-state index contributed by atoms with van der Waals surface area (Å²) in [7, 11) is 0. The molecule has 0 aromatic carbocycles. The Hall–Kier alpha value is -1.99. The lowest BCUT2D eigenvalue weighted by Gasteiger charge is -2.08. The smallest absolute Gasteiger partial charge is 0.142 e. The molecule has 1 saturated heterocycles. The number of rotatable bonds is 4. The highest BCUT2D eigenvalue weighted by molar-refractivity contribution is 7.16. The third-order valence-corrected chi connectivity index (χ3v) is 4.39. The minimum atomic E-state index is 0.292. The summed E-state index contributed by atoms with van der Waals surface area (Å²) in [6, 6.07) is 2.03. The highest BCUT2D eigenvalue weighted by Gasteiger charge is 2.16. The summed E-state index contributed by atoms with van der Waals surface area (Å²) in [5.74, 6) is 0.818. The van der Waals surface area contributed by atoms with Gasteiger partial charge in [-0.15, -0.1) is 11.3 Å². The normalized spacial score (nSPS) is 18.4. The maximum absolute atomic E-state index is 5.63. The van der Waals surface area contributed by atoms with Gasteiger partial charge < -0.3 is 10.1 Å². The van der Waals surface area contributed by atoms with Gasteiger partial charge in [0.15, 0.2) is 0 Å². The minimum Gasteiger partial charge on any atom is -0.376 e. The molecular formula is C14H15N5OS. The van der Waals surface area contributed by atoms with Crippen molar-refractivity contribution in [3.63, 3.8) is 0 Å². The fourth-order valence-electron chi connectivity index (χ4n) is 2.55. The lowest BCUT2D eigenvalue weighted by molar-refractivity contribution is 0.0940. The second-order valence-electron chi connectivity index (χ2n) is 5.07. The molecule has 3 aromatic rings. The zero-order valence-corrected chi connectivity index (χ0v) is 12.2. The number of nitrogens with zero attached hydrogens (tertiary/aromatic N) is 4. The van der Waals surface area contributed by atoms with E-state index in [0.29, 0.717) is 6.10 Å². The Morgan fingerprint density at radius 2 is 2.43 bits per heavy atom. The van der Waals surface area contributed by atoms with Crippen LogP contribution in [0.4, 0.5) is 11.5 Å². The summed E-state index contributed by atoms with van der Waals surface area (Å²) in [6.07, 6.45) is 7.94. The van der Waals surface area contributed by atoms with Gasteiger partial charge in [-0.2, -0.15) is 5.10 Å². The molecular weight excluding hydrogens is 286 g/mol. The summed E-state index contributed by atoms with van der Waals surface area (Å²) < 4.78 is 7.55. The molecule has 0 saturated carbocycles. The number of thiophene rings is 1. The number of nitrogens with one attached hydrogen (secondary N) is 1. The van der Waals surface area contributed by atoms with Crippen LogP contribution < -0.4 is 5.32 Å². The standard InChI is InChI=1S/C14H15N5OS/c1-2-11(20-4-1)8-19-7-10(6-17-19)18-13-12-3-5-21-14(12)16-9-15-13/h3,5-7,9,11H,1-2,4,8H2,(H,15,16,18)/t11-/m1/s1. The van der Waals surface area contributed by atoms with Crippen molar-refractivity contribution >= 4 is 33.1 Å².